The summed E-state index contributed by atoms with van der Waals surface area (Å²) in [5.74, 6) is -0.500. The van der Waals surface area contributed by atoms with Gasteiger partial charge in [0.05, 0.1) is 35.3 Å². The second kappa shape index (κ2) is 16.2. The number of fused-ring (bicyclic) bond motifs is 1. The Bertz CT molecular complexity index is 1600. The van der Waals surface area contributed by atoms with Gasteiger partial charge in [0.2, 0.25) is 0 Å². The number of sulfonamides is 1. The van der Waals surface area contributed by atoms with Gasteiger partial charge in [-0.15, -0.1) is 0 Å². The van der Waals surface area contributed by atoms with Crippen molar-refractivity contribution >= 4 is 27.5 Å². The molecule has 254 valence electrons. The standard InChI is InChI=1S/C35H46N4O7S/c1-24-9-12-30(13-10-24)47(43,44)37-29-11-14-32-31(20-29)35(42)39(26(3)23-40)21-25(2)33(45-19-7-6-8-27(4)46-32)22-38(5)34(41)28-15-17-36-18-16-28/h9-18,20,25-27,33,37,40H,6-8,19,21-23H2,1-5H3/t25-,26-,27-,33+/m0/s1. The molecule has 0 saturated carbocycles. The van der Waals surface area contributed by atoms with Crippen molar-refractivity contribution in [3.8, 4) is 5.75 Å². The number of rotatable bonds is 8. The van der Waals surface area contributed by atoms with Gasteiger partial charge >= 0.3 is 0 Å². The van der Waals surface area contributed by atoms with Crippen molar-refractivity contribution in [2.24, 2.45) is 5.92 Å². The Kier molecular flexibility index (Phi) is 12.4. The van der Waals surface area contributed by atoms with E-state index in [1.807, 2.05) is 20.8 Å². The molecule has 4 atom stereocenters. The number of carbonyl (C=O) groups is 2. The normalized spacial score (nSPS) is 20.3. The molecule has 11 nitrogen and oxygen atoms in total. The number of anilines is 1. The van der Waals surface area contributed by atoms with E-state index in [0.29, 0.717) is 30.9 Å². The van der Waals surface area contributed by atoms with Gasteiger partial charge < -0.3 is 24.4 Å². The summed E-state index contributed by atoms with van der Waals surface area (Å²) in [4.78, 5) is 34.8. The van der Waals surface area contributed by atoms with E-state index in [1.54, 1.807) is 72.6 Å². The maximum atomic E-state index is 14.4. The molecule has 1 aliphatic heterocycles. The molecule has 0 fully saturated rings. The lowest BCUT2D eigenvalue weighted by Crippen LogP contribution is -2.48. The van der Waals surface area contributed by atoms with Gasteiger partial charge in [0, 0.05) is 56.3 Å². The van der Waals surface area contributed by atoms with E-state index in [0.717, 1.165) is 18.4 Å². The molecule has 2 heterocycles. The predicted molar refractivity (Wildman–Crippen MR) is 180 cm³/mol. The monoisotopic (exact) mass is 666 g/mol. The summed E-state index contributed by atoms with van der Waals surface area (Å²) in [7, 11) is -2.21. The van der Waals surface area contributed by atoms with E-state index in [2.05, 4.69) is 9.71 Å². The molecule has 12 heteroatoms. The third-order valence-electron chi connectivity index (χ3n) is 8.36. The highest BCUT2D eigenvalue weighted by molar-refractivity contribution is 7.92. The summed E-state index contributed by atoms with van der Waals surface area (Å²) in [5, 5.41) is 10.2. The lowest BCUT2D eigenvalue weighted by Gasteiger charge is -2.36. The zero-order chi connectivity index (χ0) is 34.1. The number of likely N-dealkylation sites (N-methyl/N-ethyl adjacent to an activating group) is 1. The van der Waals surface area contributed by atoms with Gasteiger partial charge in [0.15, 0.2) is 0 Å². The van der Waals surface area contributed by atoms with Crippen molar-refractivity contribution in [3.63, 3.8) is 0 Å². The minimum Gasteiger partial charge on any atom is -0.490 e. The van der Waals surface area contributed by atoms with Crippen molar-refractivity contribution < 1.29 is 32.6 Å². The van der Waals surface area contributed by atoms with Crippen molar-refractivity contribution in [1.29, 1.82) is 0 Å². The number of aryl methyl sites for hydroxylation is 1. The van der Waals surface area contributed by atoms with Crippen LogP contribution in [0.25, 0.3) is 0 Å². The predicted octanol–water partition coefficient (Wildman–Crippen LogP) is 4.76. The van der Waals surface area contributed by atoms with Crippen LogP contribution in [0.1, 0.15) is 66.3 Å². The molecule has 0 saturated heterocycles. The minimum atomic E-state index is -3.93. The van der Waals surface area contributed by atoms with Crippen LogP contribution < -0.4 is 9.46 Å². The third kappa shape index (κ3) is 9.52. The van der Waals surface area contributed by atoms with Crippen LogP contribution in [0.2, 0.25) is 0 Å². The summed E-state index contributed by atoms with van der Waals surface area (Å²) >= 11 is 0. The van der Waals surface area contributed by atoms with Gasteiger partial charge in [-0.3, -0.25) is 19.3 Å². The number of aliphatic hydroxyl groups excluding tert-OH is 1. The summed E-state index contributed by atoms with van der Waals surface area (Å²) < 4.78 is 41.6. The Morgan fingerprint density at radius 3 is 2.49 bits per heavy atom. The molecule has 47 heavy (non-hydrogen) atoms. The summed E-state index contributed by atoms with van der Waals surface area (Å²) in [6.07, 6.45) is 4.81. The lowest BCUT2D eigenvalue weighted by molar-refractivity contribution is -0.0149. The first kappa shape index (κ1) is 35.8. The van der Waals surface area contributed by atoms with Crippen LogP contribution in [0.5, 0.6) is 5.75 Å². The minimum absolute atomic E-state index is 0.0992. The number of carbonyl (C=O) groups excluding carboxylic acids is 2. The molecule has 0 unspecified atom stereocenters. The number of hydrogen-bond donors (Lipinski definition) is 2. The van der Waals surface area contributed by atoms with Crippen LogP contribution in [0.3, 0.4) is 0 Å². The van der Waals surface area contributed by atoms with E-state index in [9.17, 15) is 23.1 Å². The van der Waals surface area contributed by atoms with Crippen LogP contribution >= 0.6 is 0 Å². The van der Waals surface area contributed by atoms with E-state index in [-0.39, 0.29) is 47.2 Å². The van der Waals surface area contributed by atoms with Gasteiger partial charge in [-0.1, -0.05) is 24.6 Å². The summed E-state index contributed by atoms with van der Waals surface area (Å²) in [6, 6.07) is 13.9. The maximum Gasteiger partial charge on any atom is 0.261 e. The number of nitrogens with zero attached hydrogens (tertiary/aromatic N) is 3. The largest absolute Gasteiger partial charge is 0.490 e. The molecule has 0 bridgehead atoms. The van der Waals surface area contributed by atoms with E-state index in [4.69, 9.17) is 9.47 Å². The van der Waals surface area contributed by atoms with Crippen molar-refractivity contribution in [2.75, 3.05) is 38.1 Å². The van der Waals surface area contributed by atoms with Crippen LogP contribution in [-0.2, 0) is 14.8 Å². The Morgan fingerprint density at radius 2 is 1.81 bits per heavy atom. The molecule has 1 aliphatic rings. The van der Waals surface area contributed by atoms with Gasteiger partial charge in [-0.05, 0) is 82.5 Å². The molecule has 0 radical (unpaired) electrons. The van der Waals surface area contributed by atoms with E-state index >= 15 is 0 Å². The van der Waals surface area contributed by atoms with Gasteiger partial charge in [-0.2, -0.15) is 0 Å². The number of ether oxygens (including phenoxy) is 2. The number of nitrogens with one attached hydrogen (secondary N) is 1. The number of hydrogen-bond acceptors (Lipinski definition) is 8. The van der Waals surface area contributed by atoms with Gasteiger partial charge in [0.25, 0.3) is 21.8 Å². The highest BCUT2D eigenvalue weighted by atomic mass is 32.2. The van der Waals surface area contributed by atoms with Crippen LogP contribution in [0, 0.1) is 12.8 Å². The van der Waals surface area contributed by atoms with Crippen molar-refractivity contribution in [3.05, 3.63) is 83.7 Å². The topological polar surface area (TPSA) is 138 Å². The molecule has 3 aromatic rings. The fraction of sp³-hybridized carbons (Fsp3) is 0.457. The van der Waals surface area contributed by atoms with Gasteiger partial charge in [-0.25, -0.2) is 8.42 Å². The number of amides is 2. The molecule has 2 aromatic carbocycles. The van der Waals surface area contributed by atoms with Gasteiger partial charge in [0.1, 0.15) is 5.75 Å². The van der Waals surface area contributed by atoms with Crippen molar-refractivity contribution in [1.82, 2.24) is 14.8 Å². The van der Waals surface area contributed by atoms with Crippen LogP contribution in [0.4, 0.5) is 5.69 Å². The fourth-order valence-corrected chi connectivity index (χ4v) is 6.50. The zero-order valence-corrected chi connectivity index (χ0v) is 28.6. The average Bonchev–Trinajstić information content (AvgIpc) is 3.06. The van der Waals surface area contributed by atoms with E-state index in [1.165, 1.54) is 18.2 Å². The molecule has 0 spiro atoms. The molecule has 1 aromatic heterocycles. The second-order valence-electron chi connectivity index (χ2n) is 12.4. The molecular formula is C35H46N4O7S. The number of benzene rings is 2. The van der Waals surface area contributed by atoms with Crippen molar-refractivity contribution in [2.45, 2.75) is 70.1 Å². The molecule has 2 amide bonds. The molecule has 4 rings (SSSR count). The highest BCUT2D eigenvalue weighted by Crippen LogP contribution is 2.29. The maximum absolute atomic E-state index is 14.4. The molecule has 0 aliphatic carbocycles. The Hall–Kier alpha value is -4.00. The number of pyridine rings is 1. The first-order valence-electron chi connectivity index (χ1n) is 16.0. The first-order chi connectivity index (χ1) is 22.4. The molecular weight excluding hydrogens is 620 g/mol. The summed E-state index contributed by atoms with van der Waals surface area (Å²) in [5.41, 5.74) is 1.82. The van der Waals surface area contributed by atoms with Crippen LogP contribution in [0.15, 0.2) is 71.9 Å². The van der Waals surface area contributed by atoms with E-state index < -0.39 is 28.1 Å². The van der Waals surface area contributed by atoms with Crippen LogP contribution in [-0.4, -0.2) is 91.7 Å². The first-order valence-corrected chi connectivity index (χ1v) is 17.5. The molecule has 2 N–H and O–H groups in total. The highest BCUT2D eigenvalue weighted by Gasteiger charge is 2.31. The Labute approximate surface area is 278 Å². The lowest BCUT2D eigenvalue weighted by atomic mass is 10.0. The summed E-state index contributed by atoms with van der Waals surface area (Å²) in [6.45, 7) is 8.18. The zero-order valence-electron chi connectivity index (χ0n) is 27.8. The quantitative estimate of drug-likeness (QED) is 0.351. The number of aliphatic hydroxyl groups is 1. The SMILES string of the molecule is Cc1ccc(S(=O)(=O)Nc2ccc3c(c2)C(=O)N([C@@H](C)CO)C[C@H](C)[C@@H](CN(C)C(=O)c2ccncc2)OCCCC[C@H](C)O3)cc1. The number of aromatic nitrogens is 1. The fourth-order valence-electron chi connectivity index (χ4n) is 5.45. The smallest absolute Gasteiger partial charge is 0.261 e. The Morgan fingerprint density at radius 1 is 1.11 bits per heavy atom. The average molecular weight is 667 g/mol. The third-order valence-corrected chi connectivity index (χ3v) is 9.76. The second-order valence-corrected chi connectivity index (χ2v) is 14.0. The Balaban J connectivity index is 1.66.